The van der Waals surface area contributed by atoms with Gasteiger partial charge >= 0.3 is 0 Å². The van der Waals surface area contributed by atoms with Gasteiger partial charge in [-0.25, -0.2) is 4.39 Å². The zero-order chi connectivity index (χ0) is 10.8. The van der Waals surface area contributed by atoms with Crippen LogP contribution in [-0.2, 0) is 0 Å². The van der Waals surface area contributed by atoms with Crippen LogP contribution in [0.2, 0.25) is 0 Å². The molecule has 0 saturated carbocycles. The van der Waals surface area contributed by atoms with Gasteiger partial charge < -0.3 is 5.73 Å². The molecule has 0 saturated heterocycles. The first-order chi connectivity index (χ1) is 6.76. The Morgan fingerprint density at radius 2 is 2.07 bits per heavy atom. The molecule has 0 aliphatic heterocycles. The lowest BCUT2D eigenvalue weighted by atomic mass is 9.93. The van der Waals surface area contributed by atoms with Crippen LogP contribution in [-0.4, -0.2) is 13.2 Å². The van der Waals surface area contributed by atoms with Crippen molar-refractivity contribution in [3.63, 3.8) is 0 Å². The van der Waals surface area contributed by atoms with Crippen molar-refractivity contribution in [3.05, 3.63) is 11.6 Å². The van der Waals surface area contributed by atoms with Gasteiger partial charge in [0.05, 0.1) is 0 Å². The molecule has 0 spiro atoms. The second-order valence-electron chi connectivity index (χ2n) is 3.83. The van der Waals surface area contributed by atoms with Gasteiger partial charge in [-0.15, -0.1) is 0 Å². The van der Waals surface area contributed by atoms with E-state index in [9.17, 15) is 4.39 Å². The molecule has 0 bridgehead atoms. The van der Waals surface area contributed by atoms with Crippen molar-refractivity contribution >= 4 is 0 Å². The first kappa shape index (κ1) is 13.6. The highest BCUT2D eigenvalue weighted by Crippen LogP contribution is 2.20. The van der Waals surface area contributed by atoms with Gasteiger partial charge in [-0.1, -0.05) is 38.3 Å². The summed E-state index contributed by atoms with van der Waals surface area (Å²) in [7, 11) is 0. The van der Waals surface area contributed by atoms with Crippen molar-refractivity contribution in [2.45, 2.75) is 46.0 Å². The average molecular weight is 201 g/mol. The minimum absolute atomic E-state index is 0.323. The Kier molecular flexibility index (Phi) is 8.95. The van der Waals surface area contributed by atoms with Gasteiger partial charge in [-0.3, -0.25) is 0 Å². The number of hydrogen-bond donors (Lipinski definition) is 1. The predicted octanol–water partition coefficient (Wildman–Crippen LogP) is 3.45. The smallest absolute Gasteiger partial charge is 0.108 e. The van der Waals surface area contributed by atoms with Gasteiger partial charge in [0.1, 0.15) is 6.67 Å². The maximum absolute atomic E-state index is 12.1. The maximum atomic E-state index is 12.1. The highest BCUT2D eigenvalue weighted by atomic mass is 19.1. The molecule has 14 heavy (non-hydrogen) atoms. The molecule has 0 aliphatic rings. The van der Waals surface area contributed by atoms with Crippen LogP contribution in [0.5, 0.6) is 0 Å². The third kappa shape index (κ3) is 6.14. The molecule has 0 radical (unpaired) electrons. The summed E-state index contributed by atoms with van der Waals surface area (Å²) in [6.45, 7) is 4.75. The molecule has 1 nitrogen and oxygen atoms in total. The number of allylic oxidation sites excluding steroid dienone is 2. The zero-order valence-electron chi connectivity index (χ0n) is 9.56. The minimum Gasteiger partial charge on any atom is -0.330 e. The van der Waals surface area contributed by atoms with Gasteiger partial charge in [-0.2, -0.15) is 0 Å². The predicted molar refractivity (Wildman–Crippen MR) is 61.0 cm³/mol. The van der Waals surface area contributed by atoms with Crippen molar-refractivity contribution in [2.75, 3.05) is 13.2 Å². The first-order valence-corrected chi connectivity index (χ1v) is 5.71. The van der Waals surface area contributed by atoms with E-state index in [1.54, 1.807) is 6.08 Å². The highest BCUT2D eigenvalue weighted by molar-refractivity contribution is 5.05. The van der Waals surface area contributed by atoms with Crippen molar-refractivity contribution in [1.29, 1.82) is 0 Å². The molecule has 0 aromatic carbocycles. The molecule has 84 valence electrons. The Balaban J connectivity index is 3.69. The van der Waals surface area contributed by atoms with Gasteiger partial charge in [0.15, 0.2) is 0 Å². The molecule has 0 amide bonds. The lowest BCUT2D eigenvalue weighted by Crippen LogP contribution is -2.01. The molecule has 1 atom stereocenters. The molecular formula is C12H24FN. The monoisotopic (exact) mass is 201 g/mol. The van der Waals surface area contributed by atoms with Crippen LogP contribution in [0.15, 0.2) is 11.6 Å². The van der Waals surface area contributed by atoms with Crippen molar-refractivity contribution < 1.29 is 4.39 Å². The van der Waals surface area contributed by atoms with Crippen LogP contribution < -0.4 is 5.73 Å². The van der Waals surface area contributed by atoms with Gasteiger partial charge in [0, 0.05) is 0 Å². The Hall–Kier alpha value is -0.370. The maximum Gasteiger partial charge on any atom is 0.108 e. The number of alkyl halides is 1. The van der Waals surface area contributed by atoms with Crippen LogP contribution in [0.4, 0.5) is 4.39 Å². The molecule has 0 aromatic heterocycles. The van der Waals surface area contributed by atoms with Crippen LogP contribution in [0, 0.1) is 5.92 Å². The zero-order valence-corrected chi connectivity index (χ0v) is 9.56. The van der Waals surface area contributed by atoms with E-state index < -0.39 is 0 Å². The van der Waals surface area contributed by atoms with E-state index in [4.69, 9.17) is 5.73 Å². The van der Waals surface area contributed by atoms with Crippen LogP contribution in [0.1, 0.15) is 46.0 Å². The van der Waals surface area contributed by atoms with Crippen molar-refractivity contribution in [1.82, 2.24) is 0 Å². The summed E-state index contributed by atoms with van der Waals surface area (Å²) in [5, 5.41) is 0. The summed E-state index contributed by atoms with van der Waals surface area (Å²) in [6.07, 6.45) is 7.39. The van der Waals surface area contributed by atoms with E-state index in [1.807, 2.05) is 0 Å². The number of hydrogen-bond acceptors (Lipinski definition) is 1. The Morgan fingerprint density at radius 3 is 2.57 bits per heavy atom. The Morgan fingerprint density at radius 1 is 1.36 bits per heavy atom. The number of halogens is 1. The second kappa shape index (κ2) is 9.20. The lowest BCUT2D eigenvalue weighted by molar-refractivity contribution is 0.520. The third-order valence-corrected chi connectivity index (χ3v) is 2.72. The fourth-order valence-corrected chi connectivity index (χ4v) is 1.75. The summed E-state index contributed by atoms with van der Waals surface area (Å²) in [5.41, 5.74) is 6.68. The Bertz CT molecular complexity index is 154. The van der Waals surface area contributed by atoms with Gasteiger partial charge in [0.2, 0.25) is 0 Å². The molecule has 2 heteroatoms. The Labute approximate surface area is 87.6 Å². The van der Waals surface area contributed by atoms with Crippen LogP contribution in [0.3, 0.4) is 0 Å². The van der Waals surface area contributed by atoms with Crippen molar-refractivity contribution in [2.24, 2.45) is 11.7 Å². The number of unbranched alkanes of at least 4 members (excludes halogenated alkanes) is 2. The van der Waals surface area contributed by atoms with E-state index in [0.29, 0.717) is 5.92 Å². The fraction of sp³-hybridized carbons (Fsp3) is 0.833. The van der Waals surface area contributed by atoms with E-state index in [2.05, 4.69) is 13.8 Å². The summed E-state index contributed by atoms with van der Waals surface area (Å²) in [4.78, 5) is 0. The van der Waals surface area contributed by atoms with E-state index in [1.165, 1.54) is 24.8 Å². The molecular weight excluding hydrogens is 177 g/mol. The minimum atomic E-state index is -0.323. The van der Waals surface area contributed by atoms with E-state index in [-0.39, 0.29) is 6.67 Å². The molecule has 0 rings (SSSR count). The highest BCUT2D eigenvalue weighted by Gasteiger charge is 2.05. The lowest BCUT2D eigenvalue weighted by Gasteiger charge is -2.14. The van der Waals surface area contributed by atoms with E-state index in [0.717, 1.165) is 19.4 Å². The number of nitrogens with two attached hydrogens (primary N) is 1. The molecule has 2 N–H and O–H groups in total. The molecule has 0 aliphatic carbocycles. The molecule has 0 fully saturated rings. The largest absolute Gasteiger partial charge is 0.330 e. The molecule has 0 aromatic rings. The normalized spacial score (nSPS) is 14.4. The second-order valence-corrected chi connectivity index (χ2v) is 3.83. The average Bonchev–Trinajstić information content (AvgIpc) is 2.20. The topological polar surface area (TPSA) is 26.0 Å². The number of rotatable bonds is 8. The van der Waals surface area contributed by atoms with Crippen LogP contribution in [0.25, 0.3) is 0 Å². The summed E-state index contributed by atoms with van der Waals surface area (Å²) < 4.78 is 12.1. The quantitative estimate of drug-likeness (QED) is 0.472. The summed E-state index contributed by atoms with van der Waals surface area (Å²) >= 11 is 0. The first-order valence-electron chi connectivity index (χ1n) is 5.71. The fourth-order valence-electron chi connectivity index (χ4n) is 1.75. The molecule has 1 unspecified atom stereocenters. The van der Waals surface area contributed by atoms with Crippen molar-refractivity contribution in [3.8, 4) is 0 Å². The third-order valence-electron chi connectivity index (χ3n) is 2.72. The standard InChI is InChI=1S/C12H24FN/c1-3-12(8-9-13)11(2)7-5-4-6-10-14/h8,11H,3-7,9-10,14H2,1-2H3/b12-8-. The summed E-state index contributed by atoms with van der Waals surface area (Å²) in [6, 6.07) is 0. The molecule has 0 heterocycles. The SMILES string of the molecule is CC/C(=C/CF)C(C)CCCCCN. The van der Waals surface area contributed by atoms with Gasteiger partial charge in [-0.05, 0) is 31.7 Å². The van der Waals surface area contributed by atoms with Gasteiger partial charge in [0.25, 0.3) is 0 Å². The van der Waals surface area contributed by atoms with Crippen LogP contribution >= 0.6 is 0 Å². The van der Waals surface area contributed by atoms with E-state index >= 15 is 0 Å². The summed E-state index contributed by atoms with van der Waals surface area (Å²) in [5.74, 6) is 0.536.